The first-order valence-corrected chi connectivity index (χ1v) is 7.62. The van der Waals surface area contributed by atoms with Crippen molar-refractivity contribution >= 4 is 11.3 Å². The summed E-state index contributed by atoms with van der Waals surface area (Å²) in [6.07, 6.45) is 3.49. The van der Waals surface area contributed by atoms with Crippen LogP contribution in [0.2, 0.25) is 0 Å². The van der Waals surface area contributed by atoms with E-state index in [9.17, 15) is 0 Å². The number of rotatable bonds is 5. The maximum atomic E-state index is 5.76. The second-order valence-electron chi connectivity index (χ2n) is 5.88. The second kappa shape index (κ2) is 6.37. The van der Waals surface area contributed by atoms with Gasteiger partial charge in [-0.05, 0) is 45.9 Å². The van der Waals surface area contributed by atoms with E-state index in [1.165, 1.54) is 15.3 Å². The Labute approximate surface area is 125 Å². The first kappa shape index (κ1) is 15.0. The van der Waals surface area contributed by atoms with Crippen molar-refractivity contribution in [1.29, 1.82) is 0 Å². The minimum absolute atomic E-state index is 0.143. The molecule has 3 nitrogen and oxygen atoms in total. The van der Waals surface area contributed by atoms with Crippen LogP contribution in [-0.2, 0) is 13.2 Å². The van der Waals surface area contributed by atoms with Gasteiger partial charge in [0.05, 0.1) is 6.20 Å². The monoisotopic (exact) mass is 290 g/mol. The van der Waals surface area contributed by atoms with Gasteiger partial charge in [0.15, 0.2) is 0 Å². The molecule has 0 aliphatic carbocycles. The van der Waals surface area contributed by atoms with Crippen LogP contribution in [-0.4, -0.2) is 10.5 Å². The zero-order valence-corrected chi connectivity index (χ0v) is 13.4. The first-order valence-electron chi connectivity index (χ1n) is 6.80. The molecule has 0 aromatic carbocycles. The number of hydrogen-bond acceptors (Lipinski definition) is 4. The van der Waals surface area contributed by atoms with Crippen LogP contribution in [0.25, 0.3) is 0 Å². The Hall–Kier alpha value is -1.39. The van der Waals surface area contributed by atoms with Crippen LogP contribution < -0.4 is 10.1 Å². The van der Waals surface area contributed by atoms with E-state index in [4.69, 9.17) is 4.74 Å². The maximum absolute atomic E-state index is 5.76. The van der Waals surface area contributed by atoms with Gasteiger partial charge in [-0.25, -0.2) is 0 Å². The SMILES string of the molecule is Cc1sc(CNC(C)(C)C)cc1COc1cccnc1. The molecule has 0 spiro atoms. The molecule has 20 heavy (non-hydrogen) atoms. The van der Waals surface area contributed by atoms with Crippen molar-refractivity contribution in [2.75, 3.05) is 0 Å². The molecule has 2 aromatic heterocycles. The average Bonchev–Trinajstić information content (AvgIpc) is 2.75. The third-order valence-corrected chi connectivity index (χ3v) is 3.99. The average molecular weight is 290 g/mol. The Bertz CT molecular complexity index is 543. The van der Waals surface area contributed by atoms with Gasteiger partial charge in [0.25, 0.3) is 0 Å². The minimum atomic E-state index is 0.143. The van der Waals surface area contributed by atoms with Crippen LogP contribution in [0.3, 0.4) is 0 Å². The summed E-state index contributed by atoms with van der Waals surface area (Å²) in [6, 6.07) is 6.04. The van der Waals surface area contributed by atoms with Crippen LogP contribution in [0.1, 0.15) is 36.1 Å². The topological polar surface area (TPSA) is 34.1 Å². The van der Waals surface area contributed by atoms with Crippen LogP contribution in [0.5, 0.6) is 5.75 Å². The summed E-state index contributed by atoms with van der Waals surface area (Å²) in [6.45, 7) is 10.2. The summed E-state index contributed by atoms with van der Waals surface area (Å²) in [5.41, 5.74) is 1.40. The van der Waals surface area contributed by atoms with Crippen molar-refractivity contribution in [3.63, 3.8) is 0 Å². The Morgan fingerprint density at radius 3 is 2.80 bits per heavy atom. The number of nitrogens with zero attached hydrogens (tertiary/aromatic N) is 1. The Balaban J connectivity index is 1.94. The molecule has 0 saturated heterocycles. The molecule has 0 saturated carbocycles. The van der Waals surface area contributed by atoms with Crippen molar-refractivity contribution in [1.82, 2.24) is 10.3 Å². The van der Waals surface area contributed by atoms with E-state index in [0.717, 1.165) is 12.3 Å². The molecule has 0 radical (unpaired) electrons. The third kappa shape index (κ3) is 4.62. The quantitative estimate of drug-likeness (QED) is 0.906. The van der Waals surface area contributed by atoms with Gasteiger partial charge >= 0.3 is 0 Å². The number of pyridine rings is 1. The molecular formula is C16H22N2OS. The largest absolute Gasteiger partial charge is 0.487 e. The van der Waals surface area contributed by atoms with E-state index >= 15 is 0 Å². The molecule has 0 atom stereocenters. The highest BCUT2D eigenvalue weighted by Gasteiger charge is 2.11. The van der Waals surface area contributed by atoms with Gasteiger partial charge < -0.3 is 10.1 Å². The molecule has 0 fully saturated rings. The standard InChI is InChI=1S/C16H22N2OS/c1-12-13(11-19-14-6-5-7-17-9-14)8-15(20-12)10-18-16(2,3)4/h5-9,18H,10-11H2,1-4H3. The molecule has 0 aliphatic rings. The van der Waals surface area contributed by atoms with Gasteiger partial charge in [-0.1, -0.05) is 0 Å². The highest BCUT2D eigenvalue weighted by Crippen LogP contribution is 2.23. The van der Waals surface area contributed by atoms with Gasteiger partial charge in [-0.2, -0.15) is 0 Å². The molecule has 2 aromatic rings. The van der Waals surface area contributed by atoms with Crippen LogP contribution in [0, 0.1) is 6.92 Å². The van der Waals surface area contributed by atoms with Gasteiger partial charge in [-0.15, -0.1) is 11.3 Å². The summed E-state index contributed by atoms with van der Waals surface area (Å²) in [5, 5.41) is 3.51. The minimum Gasteiger partial charge on any atom is -0.487 e. The Morgan fingerprint density at radius 2 is 2.15 bits per heavy atom. The predicted octanol–water partition coefficient (Wildman–Crippen LogP) is 3.92. The second-order valence-corrected chi connectivity index (χ2v) is 7.22. The fraction of sp³-hybridized carbons (Fsp3) is 0.438. The highest BCUT2D eigenvalue weighted by molar-refractivity contribution is 7.12. The van der Waals surface area contributed by atoms with Gasteiger partial charge in [0, 0.05) is 33.6 Å². The zero-order valence-electron chi connectivity index (χ0n) is 12.6. The lowest BCUT2D eigenvalue weighted by Crippen LogP contribution is -2.34. The van der Waals surface area contributed by atoms with E-state index in [-0.39, 0.29) is 5.54 Å². The van der Waals surface area contributed by atoms with Crippen molar-refractivity contribution in [3.05, 3.63) is 45.9 Å². The third-order valence-electron chi connectivity index (χ3n) is 2.89. The zero-order chi connectivity index (χ0) is 14.6. The number of ether oxygens (including phenoxy) is 1. The van der Waals surface area contributed by atoms with Crippen LogP contribution in [0.15, 0.2) is 30.6 Å². The van der Waals surface area contributed by atoms with Crippen molar-refractivity contribution in [2.24, 2.45) is 0 Å². The lowest BCUT2D eigenvalue weighted by molar-refractivity contribution is 0.304. The lowest BCUT2D eigenvalue weighted by Gasteiger charge is -2.19. The molecular weight excluding hydrogens is 268 g/mol. The van der Waals surface area contributed by atoms with Crippen LogP contribution >= 0.6 is 11.3 Å². The smallest absolute Gasteiger partial charge is 0.138 e. The molecule has 4 heteroatoms. The molecule has 1 N–H and O–H groups in total. The maximum Gasteiger partial charge on any atom is 0.138 e. The van der Waals surface area contributed by atoms with E-state index in [2.05, 4.69) is 44.1 Å². The normalized spacial score (nSPS) is 11.6. The molecule has 2 heterocycles. The van der Waals surface area contributed by atoms with Gasteiger partial charge in [0.2, 0.25) is 0 Å². The Kier molecular flexibility index (Phi) is 4.78. The summed E-state index contributed by atoms with van der Waals surface area (Å²) in [4.78, 5) is 6.72. The summed E-state index contributed by atoms with van der Waals surface area (Å²) in [7, 11) is 0. The Morgan fingerprint density at radius 1 is 1.35 bits per heavy atom. The van der Waals surface area contributed by atoms with E-state index in [0.29, 0.717) is 6.61 Å². The highest BCUT2D eigenvalue weighted by atomic mass is 32.1. The van der Waals surface area contributed by atoms with Gasteiger partial charge in [0.1, 0.15) is 12.4 Å². The summed E-state index contributed by atoms with van der Waals surface area (Å²) >= 11 is 1.83. The van der Waals surface area contributed by atoms with E-state index in [1.807, 2.05) is 23.5 Å². The molecule has 0 aliphatic heterocycles. The summed E-state index contributed by atoms with van der Waals surface area (Å²) < 4.78 is 5.76. The van der Waals surface area contributed by atoms with E-state index in [1.54, 1.807) is 12.4 Å². The molecule has 0 amide bonds. The lowest BCUT2D eigenvalue weighted by atomic mass is 10.1. The molecule has 0 unspecified atom stereocenters. The number of hydrogen-bond donors (Lipinski definition) is 1. The predicted molar refractivity (Wildman–Crippen MR) is 84.2 cm³/mol. The van der Waals surface area contributed by atoms with E-state index < -0.39 is 0 Å². The van der Waals surface area contributed by atoms with Gasteiger partial charge in [-0.3, -0.25) is 4.98 Å². The van der Waals surface area contributed by atoms with Crippen LogP contribution in [0.4, 0.5) is 0 Å². The molecule has 0 bridgehead atoms. The number of aryl methyl sites for hydroxylation is 1. The number of aromatic nitrogens is 1. The fourth-order valence-electron chi connectivity index (χ4n) is 1.76. The van der Waals surface area contributed by atoms with Crippen molar-refractivity contribution < 1.29 is 4.74 Å². The summed E-state index contributed by atoms with van der Waals surface area (Å²) in [5.74, 6) is 0.812. The fourth-order valence-corrected chi connectivity index (χ4v) is 2.75. The van der Waals surface area contributed by atoms with Crippen molar-refractivity contribution in [2.45, 2.75) is 46.4 Å². The first-order chi connectivity index (χ1) is 9.44. The molecule has 2 rings (SSSR count). The van der Waals surface area contributed by atoms with Crippen molar-refractivity contribution in [3.8, 4) is 5.75 Å². The number of nitrogens with one attached hydrogen (secondary N) is 1. The number of thiophene rings is 1. The molecule has 108 valence electrons.